The van der Waals surface area contributed by atoms with E-state index in [2.05, 4.69) is 19.9 Å². The van der Waals surface area contributed by atoms with Crippen molar-refractivity contribution in [1.29, 1.82) is 0 Å². The highest BCUT2D eigenvalue weighted by Crippen LogP contribution is 2.50. The van der Waals surface area contributed by atoms with Crippen molar-refractivity contribution in [3.8, 4) is 0 Å². The summed E-state index contributed by atoms with van der Waals surface area (Å²) in [5.41, 5.74) is 1.88. The van der Waals surface area contributed by atoms with Crippen molar-refractivity contribution < 1.29 is 19.2 Å². The summed E-state index contributed by atoms with van der Waals surface area (Å²) >= 11 is 0. The molecule has 2 aliphatic heterocycles. The second-order valence-electron chi connectivity index (χ2n) is 5.49. The lowest BCUT2D eigenvalue weighted by Crippen LogP contribution is -2.53. The van der Waals surface area contributed by atoms with Crippen LogP contribution in [0.25, 0.3) is 0 Å². The minimum Gasteiger partial charge on any atom is -0.317 e. The van der Waals surface area contributed by atoms with Gasteiger partial charge in [0.05, 0.1) is 0 Å². The molecule has 2 aliphatic rings. The summed E-state index contributed by atoms with van der Waals surface area (Å²) in [7, 11) is 0. The zero-order valence-corrected chi connectivity index (χ0v) is 11.1. The highest BCUT2D eigenvalue weighted by atomic mass is 17.3. The van der Waals surface area contributed by atoms with E-state index in [1.165, 1.54) is 5.56 Å². The number of rotatable bonds is 0. The second-order valence-corrected chi connectivity index (χ2v) is 5.49. The fourth-order valence-corrected chi connectivity index (χ4v) is 2.51. The summed E-state index contributed by atoms with van der Waals surface area (Å²) in [6.45, 7) is 7.85. The largest absolute Gasteiger partial charge is 0.317 e. The van der Waals surface area contributed by atoms with Crippen LogP contribution in [0.15, 0.2) is 24.3 Å². The molecular formula is C14H18O4. The number of hydrogen-bond acceptors (Lipinski definition) is 4. The third kappa shape index (κ3) is 1.53. The molecule has 0 radical (unpaired) electrons. The molecule has 1 fully saturated rings. The molecule has 2 heterocycles. The van der Waals surface area contributed by atoms with E-state index in [-0.39, 0.29) is 5.41 Å². The van der Waals surface area contributed by atoms with Crippen molar-refractivity contribution in [1.82, 2.24) is 0 Å². The van der Waals surface area contributed by atoms with Crippen LogP contribution in [-0.2, 0) is 24.7 Å². The van der Waals surface area contributed by atoms with Gasteiger partial charge in [-0.3, -0.25) is 0 Å². The van der Waals surface area contributed by atoms with Crippen molar-refractivity contribution in [2.24, 2.45) is 0 Å². The molecule has 18 heavy (non-hydrogen) atoms. The Labute approximate surface area is 107 Å². The zero-order valence-electron chi connectivity index (χ0n) is 11.1. The van der Waals surface area contributed by atoms with E-state index in [4.69, 9.17) is 19.2 Å². The fraction of sp³-hybridized carbons (Fsp3) is 0.571. The van der Waals surface area contributed by atoms with Gasteiger partial charge in [0.25, 0.3) is 0 Å². The Balaban J connectivity index is 2.18. The predicted octanol–water partition coefficient (Wildman–Crippen LogP) is 3.03. The molecule has 0 saturated carbocycles. The van der Waals surface area contributed by atoms with Gasteiger partial charge in [-0.05, 0) is 19.4 Å². The van der Waals surface area contributed by atoms with Gasteiger partial charge in [-0.1, -0.05) is 38.1 Å². The maximum absolute atomic E-state index is 5.98. The van der Waals surface area contributed by atoms with Crippen LogP contribution >= 0.6 is 0 Å². The highest BCUT2D eigenvalue weighted by molar-refractivity contribution is 5.38. The third-order valence-electron chi connectivity index (χ3n) is 4.01. The number of benzene rings is 1. The Morgan fingerprint density at radius 1 is 1.11 bits per heavy atom. The Morgan fingerprint density at radius 3 is 2.61 bits per heavy atom. The molecule has 0 aromatic heterocycles. The van der Waals surface area contributed by atoms with Crippen LogP contribution in [0.2, 0.25) is 0 Å². The minimum atomic E-state index is -0.864. The lowest BCUT2D eigenvalue weighted by molar-refractivity contribution is -0.447. The molecule has 1 unspecified atom stereocenters. The maximum atomic E-state index is 5.98. The van der Waals surface area contributed by atoms with E-state index in [0.29, 0.717) is 0 Å². The van der Waals surface area contributed by atoms with Crippen LogP contribution in [0.5, 0.6) is 0 Å². The summed E-state index contributed by atoms with van der Waals surface area (Å²) in [5, 5.41) is 0. The molecule has 4 heteroatoms. The van der Waals surface area contributed by atoms with Crippen molar-refractivity contribution >= 4 is 0 Å². The lowest BCUT2D eigenvalue weighted by atomic mass is 9.73. The Hall–Kier alpha value is -0.940. The van der Waals surface area contributed by atoms with Crippen molar-refractivity contribution in [3.05, 3.63) is 35.4 Å². The molecule has 1 aromatic carbocycles. The van der Waals surface area contributed by atoms with Crippen molar-refractivity contribution in [2.75, 3.05) is 0 Å². The van der Waals surface area contributed by atoms with Crippen LogP contribution in [0.4, 0.5) is 0 Å². The van der Waals surface area contributed by atoms with Gasteiger partial charge in [0.2, 0.25) is 5.79 Å². The Bertz CT molecular complexity index is 471. The van der Waals surface area contributed by atoms with Crippen molar-refractivity contribution in [3.63, 3.8) is 0 Å². The first-order chi connectivity index (χ1) is 8.44. The Kier molecular flexibility index (Phi) is 2.54. The molecule has 3 atom stereocenters. The van der Waals surface area contributed by atoms with Gasteiger partial charge in [-0.2, -0.15) is 4.89 Å². The van der Waals surface area contributed by atoms with E-state index in [1.54, 1.807) is 6.92 Å². The van der Waals surface area contributed by atoms with Gasteiger partial charge in [0.1, 0.15) is 0 Å². The van der Waals surface area contributed by atoms with Gasteiger partial charge in [-0.15, -0.1) is 0 Å². The third-order valence-corrected chi connectivity index (χ3v) is 4.01. The predicted molar refractivity (Wildman–Crippen MR) is 64.4 cm³/mol. The summed E-state index contributed by atoms with van der Waals surface area (Å²) in [5.74, 6) is -0.864. The molecule has 0 N–H and O–H groups in total. The molecule has 0 spiro atoms. The van der Waals surface area contributed by atoms with Crippen LogP contribution in [0.1, 0.15) is 45.1 Å². The zero-order chi connectivity index (χ0) is 13.0. The first-order valence-corrected chi connectivity index (χ1v) is 6.21. The van der Waals surface area contributed by atoms with Gasteiger partial charge in [0, 0.05) is 11.0 Å². The Morgan fingerprint density at radius 2 is 1.83 bits per heavy atom. The minimum absolute atomic E-state index is 0.326. The van der Waals surface area contributed by atoms with E-state index in [0.717, 1.165) is 5.56 Å². The summed E-state index contributed by atoms with van der Waals surface area (Å²) < 4.78 is 11.7. The second kappa shape index (κ2) is 3.78. The van der Waals surface area contributed by atoms with Gasteiger partial charge in [-0.25, -0.2) is 4.89 Å². The van der Waals surface area contributed by atoms with E-state index in [1.807, 2.05) is 25.1 Å². The van der Waals surface area contributed by atoms with Gasteiger partial charge >= 0.3 is 0 Å². The quantitative estimate of drug-likeness (QED) is 0.663. The van der Waals surface area contributed by atoms with E-state index < -0.39 is 18.4 Å². The topological polar surface area (TPSA) is 36.9 Å². The van der Waals surface area contributed by atoms with E-state index in [9.17, 15) is 0 Å². The molecule has 0 aliphatic carbocycles. The SMILES string of the molecule is CC1OO[C@@]2(C)O[C@@H](O1)c1ccccc1C2(C)C. The average molecular weight is 250 g/mol. The normalized spacial score (nSPS) is 37.8. The first-order valence-electron chi connectivity index (χ1n) is 6.21. The molecular weight excluding hydrogens is 232 g/mol. The highest BCUT2D eigenvalue weighted by Gasteiger charge is 2.54. The summed E-state index contributed by atoms with van der Waals surface area (Å²) in [6, 6.07) is 8.12. The number of fused-ring (bicyclic) bond motifs is 4. The molecule has 1 aromatic rings. The smallest absolute Gasteiger partial charge is 0.211 e. The van der Waals surface area contributed by atoms with Crippen LogP contribution in [0, 0.1) is 0 Å². The van der Waals surface area contributed by atoms with Crippen molar-refractivity contribution in [2.45, 2.75) is 51.5 Å². The average Bonchev–Trinajstić information content (AvgIpc) is 2.48. The molecule has 3 rings (SSSR count). The number of hydrogen-bond donors (Lipinski definition) is 0. The standard InChI is InChI=1S/C14H18O4/c1-9-15-12-10-7-5-6-8-11(10)13(2,3)14(4,16-12)18-17-9/h5-9,12H,1-4H3/t9?,12-,14-/m1/s1. The lowest BCUT2D eigenvalue weighted by Gasteiger charge is -2.47. The van der Waals surface area contributed by atoms with Crippen LogP contribution < -0.4 is 0 Å². The van der Waals surface area contributed by atoms with Crippen LogP contribution in [-0.4, -0.2) is 12.1 Å². The summed E-state index contributed by atoms with van der Waals surface area (Å²) in [4.78, 5) is 10.7. The van der Waals surface area contributed by atoms with Gasteiger partial charge < -0.3 is 9.47 Å². The number of ether oxygens (including phenoxy) is 2. The van der Waals surface area contributed by atoms with Crippen LogP contribution in [0.3, 0.4) is 0 Å². The molecule has 98 valence electrons. The maximum Gasteiger partial charge on any atom is 0.211 e. The summed E-state index contributed by atoms with van der Waals surface area (Å²) in [6.07, 6.45) is -0.907. The molecule has 0 amide bonds. The molecule has 1 saturated heterocycles. The first kappa shape index (κ1) is 12.1. The monoisotopic (exact) mass is 250 g/mol. The molecule has 2 bridgehead atoms. The molecule has 4 nitrogen and oxygen atoms in total. The van der Waals surface area contributed by atoms with Gasteiger partial charge in [0.15, 0.2) is 12.6 Å². The van der Waals surface area contributed by atoms with E-state index >= 15 is 0 Å². The fourth-order valence-electron chi connectivity index (χ4n) is 2.51.